The van der Waals surface area contributed by atoms with E-state index in [2.05, 4.69) is 29.5 Å². The maximum Gasteiger partial charge on any atom is 0.261 e. The molecule has 5 rings (SSSR count). The smallest absolute Gasteiger partial charge is 0.261 e. The fourth-order valence-electron chi connectivity index (χ4n) is 4.68. The Labute approximate surface area is 233 Å². The lowest BCUT2D eigenvalue weighted by molar-refractivity contribution is 0.102. The third kappa shape index (κ3) is 6.04. The summed E-state index contributed by atoms with van der Waals surface area (Å²) in [4.78, 5) is 30.8. The van der Waals surface area contributed by atoms with Crippen LogP contribution in [-0.4, -0.2) is 29.3 Å². The summed E-state index contributed by atoms with van der Waals surface area (Å²) in [7, 11) is 1.62. The van der Waals surface area contributed by atoms with Crippen molar-refractivity contribution in [3.63, 3.8) is 0 Å². The normalized spacial score (nSPS) is 14.6. The molecule has 7 nitrogen and oxygen atoms in total. The number of carbonyl (C=O) groups excluding carboxylic acids is 2. The lowest BCUT2D eigenvalue weighted by Gasteiger charge is -2.35. The van der Waals surface area contributed by atoms with Crippen LogP contribution in [0.1, 0.15) is 51.3 Å². The van der Waals surface area contributed by atoms with Crippen LogP contribution in [0.2, 0.25) is 0 Å². The highest BCUT2D eigenvalue weighted by Gasteiger charge is 2.28. The molecule has 0 atom stereocenters. The van der Waals surface area contributed by atoms with Crippen LogP contribution in [0.4, 0.5) is 5.69 Å². The Hall–Kier alpha value is -4.91. The molecule has 202 valence electrons. The summed E-state index contributed by atoms with van der Waals surface area (Å²) in [5.41, 5.74) is 4.91. The van der Waals surface area contributed by atoms with Crippen LogP contribution in [0.15, 0.2) is 91.1 Å². The predicted molar refractivity (Wildman–Crippen MR) is 156 cm³/mol. The number of aryl methyl sites for hydroxylation is 1. The predicted octanol–water partition coefficient (Wildman–Crippen LogP) is 6.59. The average molecular weight is 534 g/mol. The van der Waals surface area contributed by atoms with E-state index in [0.29, 0.717) is 17.0 Å². The molecule has 1 amide bonds. The van der Waals surface area contributed by atoms with Gasteiger partial charge in [-0.15, -0.1) is 0 Å². The van der Waals surface area contributed by atoms with Crippen LogP contribution in [0, 0.1) is 6.92 Å². The van der Waals surface area contributed by atoms with Crippen molar-refractivity contribution in [1.82, 2.24) is 10.3 Å². The van der Waals surface area contributed by atoms with Gasteiger partial charge in [0.15, 0.2) is 5.78 Å². The summed E-state index contributed by atoms with van der Waals surface area (Å²) in [6, 6.07) is 23.6. The lowest BCUT2D eigenvalue weighted by atomic mass is 9.85. The number of allylic oxidation sites excluding steroid dienone is 1. The fourth-order valence-corrected chi connectivity index (χ4v) is 4.68. The van der Waals surface area contributed by atoms with Crippen LogP contribution in [0.25, 0.3) is 5.70 Å². The van der Waals surface area contributed by atoms with E-state index in [1.165, 1.54) is 0 Å². The topological polar surface area (TPSA) is 89.5 Å². The number of pyridine rings is 1. The zero-order chi connectivity index (χ0) is 28.3. The van der Waals surface area contributed by atoms with Gasteiger partial charge in [-0.3, -0.25) is 9.59 Å². The Morgan fingerprint density at radius 2 is 1.75 bits per heavy atom. The molecule has 1 aromatic heterocycles. The first kappa shape index (κ1) is 26.7. The van der Waals surface area contributed by atoms with Gasteiger partial charge in [0.2, 0.25) is 5.88 Å². The number of hydrogen-bond acceptors (Lipinski definition) is 6. The summed E-state index contributed by atoms with van der Waals surface area (Å²) in [5.74, 6) is 0.924. The van der Waals surface area contributed by atoms with E-state index >= 15 is 0 Å². The van der Waals surface area contributed by atoms with Gasteiger partial charge >= 0.3 is 0 Å². The number of anilines is 1. The highest BCUT2D eigenvalue weighted by Crippen LogP contribution is 2.32. The third-order valence-electron chi connectivity index (χ3n) is 6.64. The molecular formula is C33H31N3O4. The molecule has 4 aromatic rings. The SMILES string of the molecule is COc1ccc2c(c1)C(=CC(=O)c1cccc(NC(=O)c3cccnc3Oc3ccc(C)cc3)c1)NC(C)(C)C2. The molecule has 0 radical (unpaired) electrons. The number of hydrogen-bond donors (Lipinski definition) is 2. The number of aromatic nitrogens is 1. The number of fused-ring (bicyclic) bond motifs is 1. The van der Waals surface area contributed by atoms with Crippen molar-refractivity contribution in [2.45, 2.75) is 32.7 Å². The van der Waals surface area contributed by atoms with Crippen LogP contribution < -0.4 is 20.1 Å². The van der Waals surface area contributed by atoms with E-state index in [1.54, 1.807) is 55.8 Å². The number of ether oxygens (including phenoxy) is 2. The van der Waals surface area contributed by atoms with E-state index in [1.807, 2.05) is 49.4 Å². The molecule has 2 N–H and O–H groups in total. The van der Waals surface area contributed by atoms with E-state index in [9.17, 15) is 9.59 Å². The molecular weight excluding hydrogens is 502 g/mol. The van der Waals surface area contributed by atoms with Gasteiger partial charge in [0.25, 0.3) is 5.91 Å². The number of rotatable bonds is 7. The van der Waals surface area contributed by atoms with Crippen LogP contribution in [-0.2, 0) is 6.42 Å². The second kappa shape index (κ2) is 11.1. The molecule has 2 heterocycles. The summed E-state index contributed by atoms with van der Waals surface area (Å²) in [6.07, 6.45) is 4.00. The van der Waals surface area contributed by atoms with Gasteiger partial charge in [-0.2, -0.15) is 0 Å². The fraction of sp³-hybridized carbons (Fsp3) is 0.182. The number of nitrogens with zero attached hydrogens (tertiary/aromatic N) is 1. The molecule has 0 aliphatic carbocycles. The minimum Gasteiger partial charge on any atom is -0.497 e. The van der Waals surface area contributed by atoms with Crippen molar-refractivity contribution in [3.05, 3.63) is 119 Å². The second-order valence-corrected chi connectivity index (χ2v) is 10.4. The first-order chi connectivity index (χ1) is 19.2. The van der Waals surface area contributed by atoms with Crippen molar-refractivity contribution in [2.24, 2.45) is 0 Å². The van der Waals surface area contributed by atoms with E-state index in [0.717, 1.165) is 34.6 Å². The Morgan fingerprint density at radius 1 is 0.975 bits per heavy atom. The Kier molecular flexibility index (Phi) is 7.38. The lowest BCUT2D eigenvalue weighted by Crippen LogP contribution is -2.43. The van der Waals surface area contributed by atoms with Crippen LogP contribution in [0.5, 0.6) is 17.4 Å². The molecule has 0 bridgehead atoms. The highest BCUT2D eigenvalue weighted by molar-refractivity contribution is 6.10. The van der Waals surface area contributed by atoms with Gasteiger partial charge in [-0.05, 0) is 81.3 Å². The monoisotopic (exact) mass is 533 g/mol. The number of carbonyl (C=O) groups is 2. The van der Waals surface area contributed by atoms with Gasteiger partial charge in [-0.1, -0.05) is 35.9 Å². The van der Waals surface area contributed by atoms with Gasteiger partial charge in [-0.25, -0.2) is 4.98 Å². The molecule has 1 aliphatic rings. The first-order valence-electron chi connectivity index (χ1n) is 13.0. The molecule has 0 spiro atoms. The number of amides is 1. The molecule has 1 aliphatic heterocycles. The Balaban J connectivity index is 1.37. The number of benzene rings is 3. The first-order valence-corrected chi connectivity index (χ1v) is 13.0. The highest BCUT2D eigenvalue weighted by atomic mass is 16.5. The quantitative estimate of drug-likeness (QED) is 0.206. The zero-order valence-corrected chi connectivity index (χ0v) is 22.9. The average Bonchev–Trinajstić information content (AvgIpc) is 2.94. The zero-order valence-electron chi connectivity index (χ0n) is 22.9. The third-order valence-corrected chi connectivity index (χ3v) is 6.64. The van der Waals surface area contributed by atoms with Gasteiger partial charge in [0, 0.05) is 40.3 Å². The van der Waals surface area contributed by atoms with E-state index < -0.39 is 5.91 Å². The van der Waals surface area contributed by atoms with Crippen molar-refractivity contribution in [2.75, 3.05) is 12.4 Å². The molecule has 0 saturated carbocycles. The molecule has 0 saturated heterocycles. The maximum absolute atomic E-state index is 13.4. The second-order valence-electron chi connectivity index (χ2n) is 10.4. The maximum atomic E-state index is 13.4. The van der Waals surface area contributed by atoms with Crippen molar-refractivity contribution in [1.29, 1.82) is 0 Å². The van der Waals surface area contributed by atoms with E-state index in [-0.39, 0.29) is 22.8 Å². The largest absolute Gasteiger partial charge is 0.497 e. The van der Waals surface area contributed by atoms with Gasteiger partial charge < -0.3 is 20.1 Å². The van der Waals surface area contributed by atoms with Crippen molar-refractivity contribution >= 4 is 23.1 Å². The minimum absolute atomic E-state index is 0.185. The summed E-state index contributed by atoms with van der Waals surface area (Å²) in [5, 5.41) is 6.36. The van der Waals surface area contributed by atoms with Crippen LogP contribution in [0.3, 0.4) is 0 Å². The number of methoxy groups -OCH3 is 1. The van der Waals surface area contributed by atoms with Gasteiger partial charge in [0.05, 0.1) is 7.11 Å². The molecule has 0 unspecified atom stereocenters. The summed E-state index contributed by atoms with van der Waals surface area (Å²) < 4.78 is 11.3. The van der Waals surface area contributed by atoms with Crippen molar-refractivity contribution < 1.29 is 19.1 Å². The van der Waals surface area contributed by atoms with Crippen molar-refractivity contribution in [3.8, 4) is 17.4 Å². The summed E-state index contributed by atoms with van der Waals surface area (Å²) in [6.45, 7) is 6.19. The molecule has 40 heavy (non-hydrogen) atoms. The van der Waals surface area contributed by atoms with Gasteiger partial charge in [0.1, 0.15) is 17.1 Å². The standard InChI is InChI=1S/C33H31N3O4/c1-21-10-13-25(14-11-21)40-32-27(9-6-16-34-32)31(38)35-24-8-5-7-22(17-24)30(37)19-29-28-18-26(39-4)15-12-23(28)20-33(2,3)36-29/h5-19,36H,20H2,1-4H3,(H,35,38). The number of nitrogens with one attached hydrogen (secondary N) is 2. The number of ketones is 1. The summed E-state index contributed by atoms with van der Waals surface area (Å²) >= 11 is 0. The minimum atomic E-state index is -0.394. The van der Waals surface area contributed by atoms with E-state index in [4.69, 9.17) is 9.47 Å². The molecule has 3 aromatic carbocycles. The van der Waals surface area contributed by atoms with Crippen LogP contribution >= 0.6 is 0 Å². The Bertz CT molecular complexity index is 1610. The molecule has 0 fully saturated rings. The Morgan fingerprint density at radius 3 is 2.52 bits per heavy atom. The molecule has 7 heteroatoms.